The molecule has 0 aromatic heterocycles. The molecule has 1 aromatic rings. The highest BCUT2D eigenvalue weighted by Gasteiger charge is 2.18. The number of rotatable bonds is 8. The minimum absolute atomic E-state index is 0.00305. The Hall–Kier alpha value is -1.24. The van der Waals surface area contributed by atoms with E-state index in [4.69, 9.17) is 5.11 Å². The minimum Gasteiger partial charge on any atom is -0.544 e. The van der Waals surface area contributed by atoms with Gasteiger partial charge in [0.25, 0.3) is 0 Å². The predicted octanol–water partition coefficient (Wildman–Crippen LogP) is -0.914. The molecule has 0 amide bonds. The first kappa shape index (κ1) is 15.8. The second-order valence-corrected chi connectivity index (χ2v) is 5.08. The smallest absolute Gasteiger partial charge is 0.169 e. The summed E-state index contributed by atoms with van der Waals surface area (Å²) in [6, 6.07) is 5.84. The molecule has 0 saturated heterocycles. The topological polar surface area (TPSA) is 94.0 Å². The lowest BCUT2D eigenvalue weighted by Crippen LogP contribution is -2.93. The van der Waals surface area contributed by atoms with E-state index in [-0.39, 0.29) is 18.8 Å². The number of aliphatic hydroxyl groups is 1. The summed E-state index contributed by atoms with van der Waals surface area (Å²) < 4.78 is 0.856. The number of carbonyl (C=O) groups excluding carboxylic acids is 2. The van der Waals surface area contributed by atoms with Crippen molar-refractivity contribution in [1.82, 2.24) is 0 Å². The molecule has 104 valence electrons. The first-order chi connectivity index (χ1) is 9.04. The molecule has 0 radical (unpaired) electrons. The number of hydrogen-bond acceptors (Lipinski definition) is 4. The maximum Gasteiger partial charge on any atom is 0.169 e. The molecule has 0 unspecified atom stereocenters. The zero-order valence-corrected chi connectivity index (χ0v) is 11.9. The molecule has 0 aliphatic heterocycles. The zero-order valence-electron chi connectivity index (χ0n) is 10.3. The van der Waals surface area contributed by atoms with Gasteiger partial charge in [-0.3, -0.25) is 4.79 Å². The molecule has 6 heteroatoms. The van der Waals surface area contributed by atoms with E-state index >= 15 is 0 Å². The highest BCUT2D eigenvalue weighted by molar-refractivity contribution is 9.10. The zero-order chi connectivity index (χ0) is 14.3. The molecular formula is C13H16BrNO4. The van der Waals surface area contributed by atoms with Gasteiger partial charge < -0.3 is 20.3 Å². The number of carbonyl (C=O) groups is 2. The first-order valence-electron chi connectivity index (χ1n) is 5.98. The fraction of sp³-hybridized carbons (Fsp3) is 0.385. The molecule has 3 N–H and O–H groups in total. The number of ketones is 1. The summed E-state index contributed by atoms with van der Waals surface area (Å²) in [7, 11) is 0. The largest absolute Gasteiger partial charge is 0.544 e. The first-order valence-corrected chi connectivity index (χ1v) is 6.77. The van der Waals surface area contributed by atoms with Crippen LogP contribution in [0.4, 0.5) is 0 Å². The van der Waals surface area contributed by atoms with Crippen LogP contribution in [0.5, 0.6) is 0 Å². The van der Waals surface area contributed by atoms with Crippen molar-refractivity contribution in [2.75, 3.05) is 13.2 Å². The van der Waals surface area contributed by atoms with E-state index in [9.17, 15) is 14.7 Å². The lowest BCUT2D eigenvalue weighted by molar-refractivity contribution is -0.682. The summed E-state index contributed by atoms with van der Waals surface area (Å²) in [6.07, 6.45) is 0.367. The lowest BCUT2D eigenvalue weighted by atomic mass is 10.0. The number of aliphatic hydroxyl groups excluding tert-OH is 1. The van der Waals surface area contributed by atoms with Crippen molar-refractivity contribution < 1.29 is 25.1 Å². The number of carboxylic acids is 1. The summed E-state index contributed by atoms with van der Waals surface area (Å²) in [6.45, 7) is 0.444. The summed E-state index contributed by atoms with van der Waals surface area (Å²) in [5.41, 5.74) is 0.477. The van der Waals surface area contributed by atoms with Crippen LogP contribution in [0.3, 0.4) is 0 Å². The van der Waals surface area contributed by atoms with Gasteiger partial charge in [0.15, 0.2) is 5.78 Å². The van der Waals surface area contributed by atoms with Crippen LogP contribution in [-0.4, -0.2) is 36.1 Å². The summed E-state index contributed by atoms with van der Waals surface area (Å²) >= 11 is 3.27. The third kappa shape index (κ3) is 5.50. The average molecular weight is 330 g/mol. The minimum atomic E-state index is -1.26. The van der Waals surface area contributed by atoms with Crippen molar-refractivity contribution >= 4 is 27.7 Å². The van der Waals surface area contributed by atoms with Crippen molar-refractivity contribution in [3.63, 3.8) is 0 Å². The van der Waals surface area contributed by atoms with Crippen LogP contribution in [0.1, 0.15) is 23.2 Å². The Morgan fingerprint density at radius 2 is 1.95 bits per heavy atom. The predicted molar refractivity (Wildman–Crippen MR) is 70.4 cm³/mol. The van der Waals surface area contributed by atoms with Gasteiger partial charge in [-0.05, 0) is 12.1 Å². The van der Waals surface area contributed by atoms with Crippen molar-refractivity contribution in [2.24, 2.45) is 0 Å². The summed E-state index contributed by atoms with van der Waals surface area (Å²) in [4.78, 5) is 22.9. The van der Waals surface area contributed by atoms with Crippen LogP contribution in [0.2, 0.25) is 0 Å². The highest BCUT2D eigenvalue weighted by atomic mass is 79.9. The van der Waals surface area contributed by atoms with Gasteiger partial charge in [0.2, 0.25) is 0 Å². The maximum atomic E-state index is 11.9. The lowest BCUT2D eigenvalue weighted by Gasteiger charge is -2.15. The van der Waals surface area contributed by atoms with E-state index in [0.717, 1.165) is 4.47 Å². The number of nitrogens with two attached hydrogens (primary N) is 1. The fourth-order valence-corrected chi connectivity index (χ4v) is 1.89. The molecule has 0 saturated carbocycles. The monoisotopic (exact) mass is 329 g/mol. The van der Waals surface area contributed by atoms with Gasteiger partial charge in [-0.1, -0.05) is 28.1 Å². The fourth-order valence-electron chi connectivity index (χ4n) is 1.63. The molecule has 5 nitrogen and oxygen atoms in total. The van der Waals surface area contributed by atoms with Gasteiger partial charge in [-0.25, -0.2) is 0 Å². The van der Waals surface area contributed by atoms with E-state index in [0.29, 0.717) is 18.5 Å². The van der Waals surface area contributed by atoms with E-state index < -0.39 is 12.0 Å². The number of Topliss-reactive ketones (excluding diaryl/α,β-unsaturated/α-hetero) is 1. The molecular weight excluding hydrogens is 314 g/mol. The summed E-state index contributed by atoms with van der Waals surface area (Å²) in [5.74, 6) is -1.50. The molecule has 0 bridgehead atoms. The van der Waals surface area contributed by atoms with E-state index in [2.05, 4.69) is 15.9 Å². The maximum absolute atomic E-state index is 11.9. The van der Waals surface area contributed by atoms with Gasteiger partial charge in [0.1, 0.15) is 6.04 Å². The number of quaternary nitrogens is 1. The van der Waals surface area contributed by atoms with Crippen molar-refractivity contribution in [3.8, 4) is 0 Å². The van der Waals surface area contributed by atoms with E-state index in [1.807, 2.05) is 0 Å². The SMILES string of the molecule is O=C(C[C@H]([NH2+]CCCO)C(=O)[O-])c1ccc(Br)cc1. The quantitative estimate of drug-likeness (QED) is 0.476. The van der Waals surface area contributed by atoms with Crippen LogP contribution in [0.25, 0.3) is 0 Å². The van der Waals surface area contributed by atoms with E-state index in [1.165, 1.54) is 5.32 Å². The molecule has 0 aliphatic rings. The Morgan fingerprint density at radius 1 is 1.32 bits per heavy atom. The number of aliphatic carboxylic acids is 1. The second-order valence-electron chi connectivity index (χ2n) is 4.16. The Balaban J connectivity index is 2.60. The van der Waals surface area contributed by atoms with Gasteiger partial charge >= 0.3 is 0 Å². The van der Waals surface area contributed by atoms with Crippen molar-refractivity contribution in [3.05, 3.63) is 34.3 Å². The molecule has 1 atom stereocenters. The van der Waals surface area contributed by atoms with Gasteiger partial charge in [-0.15, -0.1) is 0 Å². The molecule has 0 spiro atoms. The van der Waals surface area contributed by atoms with Crippen LogP contribution in [0, 0.1) is 0 Å². The molecule has 0 heterocycles. The van der Waals surface area contributed by atoms with E-state index in [1.54, 1.807) is 24.3 Å². The third-order valence-corrected chi connectivity index (χ3v) is 3.22. The molecule has 0 fully saturated rings. The molecule has 0 aliphatic carbocycles. The van der Waals surface area contributed by atoms with Gasteiger partial charge in [-0.2, -0.15) is 0 Å². The highest BCUT2D eigenvalue weighted by Crippen LogP contribution is 2.12. The normalized spacial score (nSPS) is 12.1. The van der Waals surface area contributed by atoms with Crippen molar-refractivity contribution in [1.29, 1.82) is 0 Å². The number of halogens is 1. The van der Waals surface area contributed by atoms with Crippen LogP contribution in [0.15, 0.2) is 28.7 Å². The Labute approximate surface area is 119 Å². The summed E-state index contributed by atoms with van der Waals surface area (Å²) in [5, 5.41) is 21.1. The van der Waals surface area contributed by atoms with Gasteiger partial charge in [0, 0.05) is 23.1 Å². The third-order valence-electron chi connectivity index (χ3n) is 2.69. The Kier molecular flexibility index (Phi) is 6.69. The second kappa shape index (κ2) is 8.04. The van der Waals surface area contributed by atoms with Gasteiger partial charge in [0.05, 0.1) is 18.9 Å². The molecule has 1 aromatic carbocycles. The number of benzene rings is 1. The Bertz CT molecular complexity index is 433. The molecule has 1 rings (SSSR count). The molecule has 19 heavy (non-hydrogen) atoms. The standard InChI is InChI=1S/C13H16BrNO4/c14-10-4-2-9(3-5-10)12(17)8-11(13(18)19)15-6-1-7-16/h2-5,11,15-16H,1,6-8H2,(H,18,19)/t11-/m0/s1. The van der Waals surface area contributed by atoms with Crippen molar-refractivity contribution in [2.45, 2.75) is 18.9 Å². The van der Waals surface area contributed by atoms with Crippen LogP contribution >= 0.6 is 15.9 Å². The average Bonchev–Trinajstić information content (AvgIpc) is 2.38. The number of hydrogen-bond donors (Lipinski definition) is 2. The van der Waals surface area contributed by atoms with Crippen LogP contribution < -0.4 is 10.4 Å². The number of carboxylic acid groups (broad SMARTS) is 1. The Morgan fingerprint density at radius 3 is 2.47 bits per heavy atom. The van der Waals surface area contributed by atoms with Crippen LogP contribution in [-0.2, 0) is 4.79 Å².